The normalized spacial score (nSPS) is 21.2. The van der Waals surface area contributed by atoms with E-state index in [1.165, 1.54) is 16.2 Å². The van der Waals surface area contributed by atoms with Gasteiger partial charge in [-0.15, -0.1) is 21.5 Å². The lowest BCUT2D eigenvalue weighted by Crippen LogP contribution is -2.46. The molecule has 1 saturated heterocycles. The van der Waals surface area contributed by atoms with E-state index in [-0.39, 0.29) is 18.3 Å². The van der Waals surface area contributed by atoms with Crippen LogP contribution >= 0.6 is 27.3 Å². The van der Waals surface area contributed by atoms with Crippen LogP contribution in [0.25, 0.3) is 10.8 Å². The van der Waals surface area contributed by atoms with Crippen molar-refractivity contribution in [2.24, 2.45) is 0 Å². The number of carbonyl (C=O) groups is 2. The van der Waals surface area contributed by atoms with Crippen LogP contribution in [-0.2, 0) is 23.3 Å². The molecule has 1 N–H and O–H groups in total. The molecule has 28 heavy (non-hydrogen) atoms. The average Bonchev–Trinajstić information content (AvgIpc) is 3.39. The molecule has 7 nitrogen and oxygen atoms in total. The Bertz CT molecular complexity index is 1090. The fourth-order valence-corrected chi connectivity index (χ4v) is 5.24. The molecule has 9 heteroatoms. The molecular formula is C19H15BrN4O3S. The largest absolute Gasteiger partial charge is 0.418 e. The number of thiophene rings is 1. The van der Waals surface area contributed by atoms with Crippen LogP contribution in [0.2, 0.25) is 0 Å². The van der Waals surface area contributed by atoms with Crippen molar-refractivity contribution in [1.82, 2.24) is 20.4 Å². The molecule has 0 saturated carbocycles. The van der Waals surface area contributed by atoms with Gasteiger partial charge in [-0.05, 0) is 58.5 Å². The van der Waals surface area contributed by atoms with Crippen LogP contribution in [-0.4, -0.2) is 27.0 Å². The topological polar surface area (TPSA) is 88.3 Å². The van der Waals surface area contributed by atoms with Gasteiger partial charge in [0.1, 0.15) is 12.1 Å². The fraction of sp³-hybridized carbons (Fsp3) is 0.263. The summed E-state index contributed by atoms with van der Waals surface area (Å²) in [5, 5.41) is 11.0. The molecule has 2 aromatic heterocycles. The summed E-state index contributed by atoms with van der Waals surface area (Å²) in [7, 11) is 0. The quantitative estimate of drug-likeness (QED) is 0.602. The third-order valence-corrected chi connectivity index (χ3v) is 6.81. The Morgan fingerprint density at radius 2 is 2.07 bits per heavy atom. The third kappa shape index (κ3) is 2.68. The van der Waals surface area contributed by atoms with E-state index in [0.717, 1.165) is 32.6 Å². The van der Waals surface area contributed by atoms with Gasteiger partial charge in [0.15, 0.2) is 0 Å². The maximum Gasteiger partial charge on any atom is 0.325 e. The predicted molar refractivity (Wildman–Crippen MR) is 105 cm³/mol. The van der Waals surface area contributed by atoms with Gasteiger partial charge in [-0.25, -0.2) is 4.79 Å². The number of hydrogen-bond donors (Lipinski definition) is 1. The van der Waals surface area contributed by atoms with Gasteiger partial charge in [-0.1, -0.05) is 24.3 Å². The van der Waals surface area contributed by atoms with Crippen molar-refractivity contribution in [3.63, 3.8) is 0 Å². The van der Waals surface area contributed by atoms with Crippen LogP contribution in [0.4, 0.5) is 4.79 Å². The first-order valence-electron chi connectivity index (χ1n) is 8.87. The van der Waals surface area contributed by atoms with Crippen molar-refractivity contribution in [3.05, 3.63) is 57.2 Å². The standard InChI is InChI=1S/C19H15BrN4O3S/c20-14-8-7-13(28-14)16-23-22-15(27-16)10-24-17(25)19(21-18(24)26)9-3-5-11-4-1-2-6-12(11)19/h1-2,4,6-8H,3,5,9-10H2,(H,21,26)/t19-/m0/s1. The van der Waals surface area contributed by atoms with Crippen molar-refractivity contribution in [3.8, 4) is 10.8 Å². The Kier molecular flexibility index (Phi) is 4.09. The Hall–Kier alpha value is -2.52. The summed E-state index contributed by atoms with van der Waals surface area (Å²) < 4.78 is 6.63. The molecule has 1 atom stereocenters. The lowest BCUT2D eigenvalue weighted by atomic mass is 9.76. The smallest absolute Gasteiger partial charge is 0.325 e. The number of imide groups is 1. The fourth-order valence-electron chi connectivity index (χ4n) is 3.94. The minimum Gasteiger partial charge on any atom is -0.418 e. The molecule has 3 aromatic rings. The molecule has 3 amide bonds. The average molecular weight is 459 g/mol. The number of aromatic nitrogens is 2. The van der Waals surface area contributed by atoms with E-state index in [2.05, 4.69) is 31.4 Å². The highest BCUT2D eigenvalue weighted by molar-refractivity contribution is 9.11. The van der Waals surface area contributed by atoms with E-state index >= 15 is 0 Å². The summed E-state index contributed by atoms with van der Waals surface area (Å²) in [6.07, 6.45) is 2.34. The second-order valence-corrected chi connectivity index (χ2v) is 9.31. The van der Waals surface area contributed by atoms with E-state index in [1.54, 1.807) is 0 Å². The van der Waals surface area contributed by atoms with E-state index in [4.69, 9.17) is 4.42 Å². The molecule has 0 radical (unpaired) electrons. The van der Waals surface area contributed by atoms with E-state index in [9.17, 15) is 9.59 Å². The van der Waals surface area contributed by atoms with Crippen LogP contribution in [0.1, 0.15) is 29.9 Å². The molecule has 1 spiro atoms. The third-order valence-electron chi connectivity index (χ3n) is 5.19. The Morgan fingerprint density at radius 3 is 2.89 bits per heavy atom. The van der Waals surface area contributed by atoms with E-state index in [1.807, 2.05) is 36.4 Å². The SMILES string of the molecule is O=C1N[C@]2(CCCc3ccccc32)C(=O)N1Cc1nnc(-c2ccc(Br)s2)o1. The molecule has 142 valence electrons. The minimum atomic E-state index is -0.993. The van der Waals surface area contributed by atoms with Crippen LogP contribution in [0.5, 0.6) is 0 Å². The summed E-state index contributed by atoms with van der Waals surface area (Å²) in [6, 6.07) is 11.1. The summed E-state index contributed by atoms with van der Waals surface area (Å²) >= 11 is 4.87. The molecule has 1 aliphatic heterocycles. The summed E-state index contributed by atoms with van der Waals surface area (Å²) in [4.78, 5) is 27.9. The molecule has 0 unspecified atom stereocenters. The molecule has 1 aromatic carbocycles. The number of fused-ring (bicyclic) bond motifs is 2. The zero-order valence-corrected chi connectivity index (χ0v) is 17.0. The van der Waals surface area contributed by atoms with Crippen molar-refractivity contribution in [2.45, 2.75) is 31.3 Å². The minimum absolute atomic E-state index is 0.0475. The predicted octanol–water partition coefficient (Wildman–Crippen LogP) is 3.84. The van der Waals surface area contributed by atoms with Crippen molar-refractivity contribution in [1.29, 1.82) is 0 Å². The molecule has 1 fully saturated rings. The zero-order chi connectivity index (χ0) is 19.3. The Balaban J connectivity index is 1.43. The van der Waals surface area contributed by atoms with Gasteiger partial charge in [-0.2, -0.15) is 0 Å². The van der Waals surface area contributed by atoms with Gasteiger partial charge in [-0.3, -0.25) is 9.69 Å². The first kappa shape index (κ1) is 17.6. The summed E-state index contributed by atoms with van der Waals surface area (Å²) in [5.74, 6) is 0.336. The molecule has 5 rings (SSSR count). The second kappa shape index (κ2) is 6.52. The van der Waals surface area contributed by atoms with E-state index in [0.29, 0.717) is 12.3 Å². The molecule has 0 bridgehead atoms. The van der Waals surface area contributed by atoms with Gasteiger partial charge < -0.3 is 9.73 Å². The van der Waals surface area contributed by atoms with Gasteiger partial charge in [0.05, 0.1) is 8.66 Å². The van der Waals surface area contributed by atoms with E-state index < -0.39 is 11.6 Å². The maximum atomic E-state index is 13.3. The molecule has 2 aliphatic rings. The van der Waals surface area contributed by atoms with Gasteiger partial charge in [0.25, 0.3) is 11.8 Å². The number of halogens is 1. The summed E-state index contributed by atoms with van der Waals surface area (Å²) in [5.41, 5.74) is 0.997. The molecule has 3 heterocycles. The highest BCUT2D eigenvalue weighted by atomic mass is 79.9. The van der Waals surface area contributed by atoms with Crippen molar-refractivity contribution >= 4 is 39.2 Å². The van der Waals surface area contributed by atoms with Crippen molar-refractivity contribution in [2.75, 3.05) is 0 Å². The number of rotatable bonds is 3. The number of amides is 3. The van der Waals surface area contributed by atoms with Gasteiger partial charge in [0, 0.05) is 0 Å². The zero-order valence-electron chi connectivity index (χ0n) is 14.6. The number of nitrogens with one attached hydrogen (secondary N) is 1. The number of hydrogen-bond acceptors (Lipinski definition) is 6. The molecule has 1 aliphatic carbocycles. The number of benzene rings is 1. The first-order valence-corrected chi connectivity index (χ1v) is 10.5. The number of carbonyl (C=O) groups excluding carboxylic acids is 2. The van der Waals surface area contributed by atoms with Crippen LogP contribution in [0.15, 0.2) is 44.6 Å². The summed E-state index contributed by atoms with van der Waals surface area (Å²) in [6.45, 7) is -0.0475. The van der Waals surface area contributed by atoms with Crippen LogP contribution in [0, 0.1) is 0 Å². The highest BCUT2D eigenvalue weighted by Crippen LogP contribution is 2.40. The number of urea groups is 1. The maximum absolute atomic E-state index is 13.3. The second-order valence-electron chi connectivity index (χ2n) is 6.84. The number of aryl methyl sites for hydroxylation is 1. The van der Waals surface area contributed by atoms with Crippen LogP contribution < -0.4 is 5.32 Å². The number of nitrogens with zero attached hydrogens (tertiary/aromatic N) is 3. The van der Waals surface area contributed by atoms with Crippen molar-refractivity contribution < 1.29 is 14.0 Å². The monoisotopic (exact) mass is 458 g/mol. The lowest BCUT2D eigenvalue weighted by molar-refractivity contribution is -0.132. The molecular weight excluding hydrogens is 444 g/mol. The van der Waals surface area contributed by atoms with Gasteiger partial charge >= 0.3 is 6.03 Å². The van der Waals surface area contributed by atoms with Crippen LogP contribution in [0.3, 0.4) is 0 Å². The lowest BCUT2D eigenvalue weighted by Gasteiger charge is -2.33. The highest BCUT2D eigenvalue weighted by Gasteiger charge is 2.54. The first-order chi connectivity index (χ1) is 13.6. The Labute approximate surface area is 172 Å². The Morgan fingerprint density at radius 1 is 1.21 bits per heavy atom. The van der Waals surface area contributed by atoms with Gasteiger partial charge in [0.2, 0.25) is 5.89 Å².